The SMILES string of the molecule is O=C(O)C1=N[C@H](C(=O)O)CC(/C=C/N2c3cc(O)c(O[C@@H]4O[C@H](CO)[C@@H](O)[C@H](O)[C@H]4O[C@@H]4O[C@H](C(=O)O)C(O)[C@H](O)C4O)cc3C[C@H]2C(=O)O)=C1. The number of aliphatic imine (C=N–C) groups is 1. The first-order valence-electron chi connectivity index (χ1n) is 15.2. The number of benzene rings is 1. The number of phenols is 1. The van der Waals surface area contributed by atoms with Gasteiger partial charge in [-0.05, 0) is 29.4 Å². The lowest BCUT2D eigenvalue weighted by Crippen LogP contribution is -2.65. The van der Waals surface area contributed by atoms with Crippen LogP contribution in [0.3, 0.4) is 0 Å². The highest BCUT2D eigenvalue weighted by atomic mass is 16.8. The third-order valence-corrected chi connectivity index (χ3v) is 8.64. The molecule has 0 radical (unpaired) electrons. The highest BCUT2D eigenvalue weighted by Crippen LogP contribution is 2.42. The molecule has 21 nitrogen and oxygen atoms in total. The number of aliphatic carboxylic acids is 4. The van der Waals surface area contributed by atoms with Crippen molar-refractivity contribution in [1.29, 1.82) is 0 Å². The van der Waals surface area contributed by atoms with Gasteiger partial charge in [0.15, 0.2) is 36.0 Å². The summed E-state index contributed by atoms with van der Waals surface area (Å²) >= 11 is 0. The van der Waals surface area contributed by atoms with Crippen molar-refractivity contribution in [1.82, 2.24) is 0 Å². The number of dihydropyridines is 1. The highest BCUT2D eigenvalue weighted by molar-refractivity contribution is 6.41. The van der Waals surface area contributed by atoms with Gasteiger partial charge in [0.1, 0.15) is 48.4 Å². The molecule has 2 unspecified atom stereocenters. The summed E-state index contributed by atoms with van der Waals surface area (Å²) < 4.78 is 21.9. The fourth-order valence-corrected chi connectivity index (χ4v) is 5.96. The summed E-state index contributed by atoms with van der Waals surface area (Å²) in [6, 6.07) is -0.352. The molecule has 0 spiro atoms. The number of phenolic OH excluding ortho intramolecular Hbond substituents is 1. The fraction of sp³-hybridized carbons (Fsp3) is 0.500. The number of hydrogen-bond acceptors (Lipinski definition) is 17. The van der Waals surface area contributed by atoms with Crippen LogP contribution in [0.5, 0.6) is 11.5 Å². The number of allylic oxidation sites excluding steroid dienone is 1. The van der Waals surface area contributed by atoms with Crippen LogP contribution in [-0.2, 0) is 39.8 Å². The van der Waals surface area contributed by atoms with Crippen LogP contribution in [0.1, 0.15) is 12.0 Å². The predicted octanol–water partition coefficient (Wildman–Crippen LogP) is -3.87. The number of aromatic hydroxyl groups is 1. The maximum atomic E-state index is 12.2. The van der Waals surface area contributed by atoms with Gasteiger partial charge in [-0.25, -0.2) is 19.2 Å². The Kier molecular flexibility index (Phi) is 10.9. The molecule has 1 aromatic carbocycles. The van der Waals surface area contributed by atoms with E-state index in [-0.39, 0.29) is 29.7 Å². The molecule has 2 saturated heterocycles. The molecule has 4 aliphatic heterocycles. The molecule has 4 aliphatic rings. The first-order chi connectivity index (χ1) is 24.0. The standard InChI is InChI=1S/C30H34N2O19/c33-8-17-18(35)20(37)24(51-29-22(39)19(36)21(38)23(50-29)28(46)47)30(49-17)48-16-6-10-5-14(27(44)45)32(13(10)7-15(16)34)2-1-9-3-11(25(40)41)31-12(4-9)26(42)43/h1-3,6-7,12,14,17-24,29-30,33-39H,4-5,8H2,(H,40,41)(H,42,43)(H,44,45)(H,46,47)/b2-1+/t12-,14-,17+,18+,19-,20-,21?,22?,23-,24+,29-,30+/m0/s1. The number of aliphatic hydroxyl groups excluding tert-OH is 6. The predicted molar refractivity (Wildman–Crippen MR) is 162 cm³/mol. The van der Waals surface area contributed by atoms with Gasteiger partial charge < -0.3 is 80.0 Å². The average molecular weight is 727 g/mol. The van der Waals surface area contributed by atoms with Crippen molar-refractivity contribution in [2.75, 3.05) is 11.5 Å². The van der Waals surface area contributed by atoms with Gasteiger partial charge in [-0.2, -0.15) is 0 Å². The van der Waals surface area contributed by atoms with Crippen LogP contribution in [0, 0.1) is 0 Å². The van der Waals surface area contributed by atoms with E-state index in [0.29, 0.717) is 0 Å². The van der Waals surface area contributed by atoms with E-state index in [1.165, 1.54) is 23.2 Å². The first kappa shape index (κ1) is 37.5. The second-order valence-corrected chi connectivity index (χ2v) is 12.0. The molecule has 0 aromatic heterocycles. The normalized spacial score (nSPS) is 35.1. The summed E-state index contributed by atoms with van der Waals surface area (Å²) in [5.41, 5.74) is 0.111. The number of rotatable bonds is 11. The van der Waals surface area contributed by atoms with E-state index < -0.39 is 121 Å². The first-order valence-corrected chi connectivity index (χ1v) is 15.2. The number of anilines is 1. The topological polar surface area (TPSA) is 343 Å². The second-order valence-electron chi connectivity index (χ2n) is 12.0. The molecule has 51 heavy (non-hydrogen) atoms. The number of carbonyl (C=O) groups is 4. The third-order valence-electron chi connectivity index (χ3n) is 8.64. The quantitative estimate of drug-likeness (QED) is 0.104. The zero-order chi connectivity index (χ0) is 37.5. The van der Waals surface area contributed by atoms with E-state index in [0.717, 1.165) is 12.1 Å². The second kappa shape index (κ2) is 14.9. The molecule has 12 atom stereocenters. The van der Waals surface area contributed by atoms with Gasteiger partial charge in [-0.1, -0.05) is 0 Å². The highest BCUT2D eigenvalue weighted by Gasteiger charge is 2.53. The molecule has 1 aromatic rings. The maximum absolute atomic E-state index is 12.2. The molecular formula is C30H34N2O19. The summed E-state index contributed by atoms with van der Waals surface area (Å²) in [6.45, 7) is -0.861. The Bertz CT molecular complexity index is 1640. The van der Waals surface area contributed by atoms with E-state index >= 15 is 0 Å². The van der Waals surface area contributed by atoms with Crippen molar-refractivity contribution < 1.29 is 94.3 Å². The molecule has 4 heterocycles. The van der Waals surface area contributed by atoms with Gasteiger partial charge >= 0.3 is 23.9 Å². The van der Waals surface area contributed by atoms with Crippen LogP contribution >= 0.6 is 0 Å². The van der Waals surface area contributed by atoms with Gasteiger partial charge in [0.05, 0.1) is 6.61 Å². The third kappa shape index (κ3) is 7.51. The number of carboxylic acids is 4. The fourth-order valence-electron chi connectivity index (χ4n) is 5.96. The Morgan fingerprint density at radius 2 is 1.57 bits per heavy atom. The molecule has 0 amide bonds. The Labute approximate surface area is 285 Å². The number of aliphatic hydroxyl groups is 6. The summed E-state index contributed by atoms with van der Waals surface area (Å²) in [6.07, 6.45) is -16.1. The van der Waals surface area contributed by atoms with Gasteiger partial charge in [-0.3, -0.25) is 4.99 Å². The summed E-state index contributed by atoms with van der Waals surface area (Å²) in [5, 5.41) is 111. The Balaban J connectivity index is 1.43. The van der Waals surface area contributed by atoms with Gasteiger partial charge in [0, 0.05) is 30.8 Å². The monoisotopic (exact) mass is 726 g/mol. The zero-order valence-corrected chi connectivity index (χ0v) is 26.0. The number of fused-ring (bicyclic) bond motifs is 1. The maximum Gasteiger partial charge on any atom is 0.354 e. The van der Waals surface area contributed by atoms with Crippen molar-refractivity contribution in [2.24, 2.45) is 4.99 Å². The van der Waals surface area contributed by atoms with Crippen LogP contribution in [0.2, 0.25) is 0 Å². The van der Waals surface area contributed by atoms with Crippen molar-refractivity contribution in [3.05, 3.63) is 41.6 Å². The Hall–Kier alpha value is -4.71. The van der Waals surface area contributed by atoms with E-state index in [4.69, 9.17) is 18.9 Å². The molecule has 5 rings (SSSR count). The summed E-state index contributed by atoms with van der Waals surface area (Å²) in [4.78, 5) is 51.7. The van der Waals surface area contributed by atoms with Crippen LogP contribution in [0.15, 0.2) is 41.1 Å². The number of ether oxygens (including phenoxy) is 4. The molecule has 21 heteroatoms. The van der Waals surface area contributed by atoms with E-state index in [2.05, 4.69) is 4.99 Å². The van der Waals surface area contributed by atoms with Crippen molar-refractivity contribution >= 4 is 35.3 Å². The van der Waals surface area contributed by atoms with Crippen LogP contribution in [-0.4, -0.2) is 166 Å². The molecule has 0 bridgehead atoms. The summed E-state index contributed by atoms with van der Waals surface area (Å²) in [5.74, 6) is -6.91. The smallest absolute Gasteiger partial charge is 0.354 e. The lowest BCUT2D eigenvalue weighted by Gasteiger charge is -2.45. The minimum atomic E-state index is -2.10. The summed E-state index contributed by atoms with van der Waals surface area (Å²) in [7, 11) is 0. The minimum absolute atomic E-state index is 0.147. The van der Waals surface area contributed by atoms with Crippen molar-refractivity contribution in [3.8, 4) is 11.5 Å². The zero-order valence-electron chi connectivity index (χ0n) is 26.0. The van der Waals surface area contributed by atoms with Gasteiger partial charge in [-0.15, -0.1) is 0 Å². The van der Waals surface area contributed by atoms with Crippen molar-refractivity contribution in [2.45, 2.75) is 86.3 Å². The van der Waals surface area contributed by atoms with E-state index in [9.17, 15) is 75.3 Å². The Morgan fingerprint density at radius 1 is 0.863 bits per heavy atom. The van der Waals surface area contributed by atoms with Crippen LogP contribution < -0.4 is 9.64 Å². The Morgan fingerprint density at radius 3 is 2.18 bits per heavy atom. The molecular weight excluding hydrogens is 692 g/mol. The molecule has 0 saturated carbocycles. The lowest BCUT2D eigenvalue weighted by atomic mass is 9.97. The lowest BCUT2D eigenvalue weighted by molar-refractivity contribution is -0.353. The van der Waals surface area contributed by atoms with Gasteiger partial charge in [0.25, 0.3) is 0 Å². The van der Waals surface area contributed by atoms with Crippen LogP contribution in [0.25, 0.3) is 0 Å². The molecule has 278 valence electrons. The minimum Gasteiger partial charge on any atom is -0.504 e. The van der Waals surface area contributed by atoms with Gasteiger partial charge in [0.2, 0.25) is 6.29 Å². The van der Waals surface area contributed by atoms with Crippen LogP contribution in [0.4, 0.5) is 5.69 Å². The number of nitrogens with zero attached hydrogens (tertiary/aromatic N) is 2. The molecule has 0 aliphatic carbocycles. The number of hydrogen-bond donors (Lipinski definition) is 11. The molecule has 11 N–H and O–H groups in total. The van der Waals surface area contributed by atoms with E-state index in [1.807, 2.05) is 0 Å². The largest absolute Gasteiger partial charge is 0.504 e. The van der Waals surface area contributed by atoms with Crippen molar-refractivity contribution in [3.63, 3.8) is 0 Å². The number of carboxylic acid groups (broad SMARTS) is 4. The average Bonchev–Trinajstić information content (AvgIpc) is 3.43. The molecule has 2 fully saturated rings. The van der Waals surface area contributed by atoms with E-state index in [1.54, 1.807) is 0 Å².